The number of methoxy groups -OCH3 is 1. The van der Waals surface area contributed by atoms with Crippen LogP contribution < -0.4 is 9.64 Å². The predicted molar refractivity (Wildman–Crippen MR) is 116 cm³/mol. The first-order valence-electron chi connectivity index (χ1n) is 10.2. The Morgan fingerprint density at radius 2 is 1.80 bits per heavy atom. The van der Waals surface area contributed by atoms with Crippen LogP contribution in [0.4, 0.5) is 32.0 Å². The van der Waals surface area contributed by atoms with E-state index in [0.29, 0.717) is 17.0 Å². The first-order chi connectivity index (χ1) is 16.1. The Morgan fingerprint density at radius 3 is 2.26 bits per heavy atom. The van der Waals surface area contributed by atoms with E-state index in [9.17, 15) is 22.4 Å². The first kappa shape index (κ1) is 26.8. The molecule has 2 atom stereocenters. The van der Waals surface area contributed by atoms with Gasteiger partial charge in [-0.05, 0) is 26.0 Å². The van der Waals surface area contributed by atoms with Crippen molar-refractivity contribution in [2.24, 2.45) is 0 Å². The van der Waals surface area contributed by atoms with Crippen LogP contribution in [0, 0.1) is 19.7 Å². The van der Waals surface area contributed by atoms with Crippen LogP contribution in [0.3, 0.4) is 0 Å². The predicted octanol–water partition coefficient (Wildman–Crippen LogP) is 4.42. The summed E-state index contributed by atoms with van der Waals surface area (Å²) in [6, 6.07) is 6.15. The van der Waals surface area contributed by atoms with Crippen molar-refractivity contribution in [1.29, 1.82) is 0 Å². The number of carboxylic acids is 1. The van der Waals surface area contributed by atoms with E-state index in [-0.39, 0.29) is 19.6 Å². The number of fused-ring (bicyclic) bond motifs is 1. The van der Waals surface area contributed by atoms with Gasteiger partial charge in [0, 0.05) is 41.0 Å². The van der Waals surface area contributed by atoms with Crippen LogP contribution in [-0.4, -0.2) is 66.1 Å². The molecule has 3 heterocycles. The molecule has 2 saturated heterocycles. The number of anilines is 1. The smallest absolute Gasteiger partial charge is 0.490 e. The zero-order chi connectivity index (χ0) is 26.3. The standard InChI is InChI=1S/C20H21F3N2O2S.C2HF3O2/c1-12-6-17(13(2)28-12)25-10-19(22)9-24(11-20(19,23)18(25)26)8-14-4-5-15(27-3)7-16(14)21;3-2(4,5)1(6)7/h4-7H,8-11H2,1-3H3;(H,6,7)/t19-,20+;/m0./s1. The third-order valence-electron chi connectivity index (χ3n) is 5.82. The number of rotatable bonds is 4. The molecule has 0 saturated carbocycles. The summed E-state index contributed by atoms with van der Waals surface area (Å²) in [7, 11) is 1.43. The van der Waals surface area contributed by atoms with Gasteiger partial charge in [0.1, 0.15) is 11.6 Å². The van der Waals surface area contributed by atoms with Gasteiger partial charge in [-0.2, -0.15) is 13.2 Å². The van der Waals surface area contributed by atoms with Crippen LogP contribution >= 0.6 is 11.3 Å². The van der Waals surface area contributed by atoms with Gasteiger partial charge < -0.3 is 14.7 Å². The Balaban J connectivity index is 0.000000429. The minimum absolute atomic E-state index is 0.0248. The maximum absolute atomic E-state index is 15.6. The minimum Gasteiger partial charge on any atom is -0.497 e. The third-order valence-corrected chi connectivity index (χ3v) is 6.78. The number of nitrogens with zero attached hydrogens (tertiary/aromatic N) is 2. The van der Waals surface area contributed by atoms with E-state index < -0.39 is 41.8 Å². The number of thiophene rings is 1. The summed E-state index contributed by atoms with van der Waals surface area (Å²) in [6.07, 6.45) is -5.08. The molecule has 0 bridgehead atoms. The third kappa shape index (κ3) is 5.10. The molecule has 2 fully saturated rings. The summed E-state index contributed by atoms with van der Waals surface area (Å²) in [5.41, 5.74) is -4.07. The van der Waals surface area contributed by atoms with Gasteiger partial charge in [0.25, 0.3) is 5.91 Å². The van der Waals surface area contributed by atoms with Gasteiger partial charge in [0.2, 0.25) is 5.67 Å². The van der Waals surface area contributed by atoms with Crippen molar-refractivity contribution in [2.75, 3.05) is 31.6 Å². The Morgan fingerprint density at radius 1 is 1.17 bits per heavy atom. The van der Waals surface area contributed by atoms with Gasteiger partial charge in [-0.3, -0.25) is 9.69 Å². The monoisotopic (exact) mass is 524 g/mol. The quantitative estimate of drug-likeness (QED) is 0.600. The number of carbonyl (C=O) groups excluding carboxylic acids is 1. The summed E-state index contributed by atoms with van der Waals surface area (Å²) >= 11 is 1.49. The molecule has 1 N–H and O–H groups in total. The number of aliphatic carboxylic acids is 1. The molecule has 13 heteroatoms. The maximum atomic E-state index is 15.6. The lowest BCUT2D eigenvalue weighted by Gasteiger charge is -2.22. The van der Waals surface area contributed by atoms with E-state index in [1.807, 2.05) is 13.8 Å². The number of aryl methyl sites for hydroxylation is 2. The van der Waals surface area contributed by atoms with Crippen LogP contribution in [0.2, 0.25) is 0 Å². The summed E-state index contributed by atoms with van der Waals surface area (Å²) in [4.78, 5) is 26.2. The van der Waals surface area contributed by atoms with Gasteiger partial charge in [-0.15, -0.1) is 11.3 Å². The number of carboxylic acid groups (broad SMARTS) is 1. The van der Waals surface area contributed by atoms with Gasteiger partial charge in [0.05, 0.1) is 19.3 Å². The van der Waals surface area contributed by atoms with Crippen LogP contribution in [0.5, 0.6) is 5.75 Å². The number of hydrogen-bond acceptors (Lipinski definition) is 5. The molecular formula is C22H22F6N2O4S. The number of amides is 1. The van der Waals surface area contributed by atoms with Gasteiger partial charge in [0.15, 0.2) is 5.67 Å². The maximum Gasteiger partial charge on any atom is 0.490 e. The number of hydrogen-bond donors (Lipinski definition) is 1. The van der Waals surface area contributed by atoms with Crippen molar-refractivity contribution in [1.82, 2.24) is 4.90 Å². The molecule has 4 rings (SSSR count). The number of benzene rings is 1. The largest absolute Gasteiger partial charge is 0.497 e. The van der Waals surface area contributed by atoms with Gasteiger partial charge >= 0.3 is 12.1 Å². The minimum atomic E-state index is -5.08. The number of alkyl halides is 5. The summed E-state index contributed by atoms with van der Waals surface area (Å²) in [5, 5.41) is 7.12. The summed E-state index contributed by atoms with van der Waals surface area (Å²) < 4.78 is 82.1. The van der Waals surface area contributed by atoms with Crippen LogP contribution in [0.1, 0.15) is 15.3 Å². The lowest BCUT2D eigenvalue weighted by Crippen LogP contribution is -2.47. The normalized spacial score (nSPS) is 24.3. The van der Waals surface area contributed by atoms with Crippen molar-refractivity contribution in [3.63, 3.8) is 0 Å². The van der Waals surface area contributed by atoms with Crippen LogP contribution in [0.25, 0.3) is 0 Å². The van der Waals surface area contributed by atoms with Crippen molar-refractivity contribution in [2.45, 2.75) is 37.9 Å². The number of carbonyl (C=O) groups is 2. The highest BCUT2D eigenvalue weighted by molar-refractivity contribution is 7.12. The molecule has 2 aromatic rings. The highest BCUT2D eigenvalue weighted by Crippen LogP contribution is 2.48. The lowest BCUT2D eigenvalue weighted by atomic mass is 9.93. The topological polar surface area (TPSA) is 70.1 Å². The zero-order valence-corrected chi connectivity index (χ0v) is 19.7. The zero-order valence-electron chi connectivity index (χ0n) is 18.9. The number of likely N-dealkylation sites (tertiary alicyclic amines) is 1. The number of halogens is 6. The van der Waals surface area contributed by atoms with E-state index in [1.54, 1.807) is 12.1 Å². The van der Waals surface area contributed by atoms with Crippen molar-refractivity contribution >= 4 is 28.9 Å². The molecule has 1 aromatic heterocycles. The number of ether oxygens (including phenoxy) is 1. The molecule has 0 radical (unpaired) electrons. The molecular weight excluding hydrogens is 502 g/mol. The fourth-order valence-corrected chi connectivity index (χ4v) is 5.10. The van der Waals surface area contributed by atoms with Crippen molar-refractivity contribution in [3.05, 3.63) is 45.4 Å². The fourth-order valence-electron chi connectivity index (χ4n) is 4.17. The van der Waals surface area contributed by atoms with Crippen molar-refractivity contribution in [3.8, 4) is 5.75 Å². The van der Waals surface area contributed by atoms with Crippen LogP contribution in [0.15, 0.2) is 24.3 Å². The van der Waals surface area contributed by atoms with E-state index in [2.05, 4.69) is 0 Å². The highest BCUT2D eigenvalue weighted by Gasteiger charge is 2.71. The second kappa shape index (κ2) is 9.34. The molecule has 6 nitrogen and oxygen atoms in total. The molecule has 1 amide bonds. The molecule has 0 unspecified atom stereocenters. The molecule has 1 aromatic carbocycles. The Hall–Kier alpha value is -2.80. The van der Waals surface area contributed by atoms with E-state index in [0.717, 1.165) is 9.75 Å². The Labute approximate surface area is 200 Å². The van der Waals surface area contributed by atoms with Crippen LogP contribution in [-0.2, 0) is 16.1 Å². The fraction of sp³-hybridized carbons (Fsp3) is 0.455. The molecule has 0 spiro atoms. The SMILES string of the molecule is COc1ccc(CN2C[C@]3(F)CN(c4cc(C)sc4C)C(=O)[C@]3(F)C2)c(F)c1.O=C(O)C(F)(F)F. The molecule has 2 aliphatic heterocycles. The molecule has 2 aliphatic rings. The molecule has 0 aliphatic carbocycles. The Bertz CT molecular complexity index is 1140. The molecule has 35 heavy (non-hydrogen) atoms. The first-order valence-corrected chi connectivity index (χ1v) is 11.0. The average molecular weight is 524 g/mol. The summed E-state index contributed by atoms with van der Waals surface area (Å²) in [5.74, 6) is -3.74. The lowest BCUT2D eigenvalue weighted by molar-refractivity contribution is -0.192. The second-order valence-electron chi connectivity index (χ2n) is 8.36. The van der Waals surface area contributed by atoms with E-state index in [1.165, 1.54) is 40.4 Å². The van der Waals surface area contributed by atoms with E-state index in [4.69, 9.17) is 14.6 Å². The van der Waals surface area contributed by atoms with Gasteiger partial charge in [-0.1, -0.05) is 6.07 Å². The second-order valence-corrected chi connectivity index (χ2v) is 9.82. The van der Waals surface area contributed by atoms with Gasteiger partial charge in [-0.25, -0.2) is 18.0 Å². The Kier molecular flexibility index (Phi) is 7.15. The average Bonchev–Trinajstić information content (AvgIpc) is 3.28. The summed E-state index contributed by atoms with van der Waals surface area (Å²) in [6.45, 7) is 2.76. The van der Waals surface area contributed by atoms with Crippen molar-refractivity contribution < 1.29 is 45.8 Å². The van der Waals surface area contributed by atoms with E-state index >= 15 is 8.78 Å². The highest BCUT2D eigenvalue weighted by atomic mass is 32.1. The molecule has 192 valence electrons.